The van der Waals surface area contributed by atoms with Gasteiger partial charge in [0.05, 0.1) is 5.02 Å². The van der Waals surface area contributed by atoms with Crippen molar-refractivity contribution in [3.8, 4) is 11.5 Å². The average molecular weight is 405 g/mol. The van der Waals surface area contributed by atoms with Gasteiger partial charge in [0.25, 0.3) is 0 Å². The first kappa shape index (κ1) is 20.1. The Balaban J connectivity index is 1.58. The molecule has 3 rings (SSSR count). The fraction of sp³-hybridized carbons (Fsp3) is 0. The van der Waals surface area contributed by atoms with Gasteiger partial charge in [-0.1, -0.05) is 72.3 Å². The van der Waals surface area contributed by atoms with Crippen LogP contribution in [-0.2, 0) is 9.59 Å². The second-order valence-electron chi connectivity index (χ2n) is 5.92. The highest BCUT2D eigenvalue weighted by molar-refractivity contribution is 6.32. The van der Waals surface area contributed by atoms with E-state index < -0.39 is 11.9 Å². The molecule has 3 aromatic carbocycles. The van der Waals surface area contributed by atoms with Gasteiger partial charge in [-0.3, -0.25) is 0 Å². The zero-order valence-corrected chi connectivity index (χ0v) is 16.1. The highest BCUT2D eigenvalue weighted by Crippen LogP contribution is 2.29. The number of halogens is 1. The van der Waals surface area contributed by atoms with Gasteiger partial charge < -0.3 is 9.47 Å². The lowest BCUT2D eigenvalue weighted by Gasteiger charge is -2.06. The van der Waals surface area contributed by atoms with E-state index in [-0.39, 0.29) is 16.5 Å². The Morgan fingerprint density at radius 1 is 0.690 bits per heavy atom. The smallest absolute Gasteiger partial charge is 0.336 e. The van der Waals surface area contributed by atoms with Crippen molar-refractivity contribution in [1.82, 2.24) is 0 Å². The van der Waals surface area contributed by atoms with Crippen LogP contribution in [-0.4, -0.2) is 11.9 Å². The molecule has 0 unspecified atom stereocenters. The monoisotopic (exact) mass is 404 g/mol. The van der Waals surface area contributed by atoms with Crippen LogP contribution in [0, 0.1) is 0 Å². The molecule has 3 aromatic rings. The summed E-state index contributed by atoms with van der Waals surface area (Å²) in [4.78, 5) is 23.9. The van der Waals surface area contributed by atoms with Crippen LogP contribution in [0.15, 0.2) is 91.0 Å². The predicted molar refractivity (Wildman–Crippen MR) is 114 cm³/mol. The molecule has 0 N–H and O–H groups in total. The highest BCUT2D eigenvalue weighted by Gasteiger charge is 2.09. The van der Waals surface area contributed by atoms with Gasteiger partial charge in [-0.05, 0) is 35.4 Å². The highest BCUT2D eigenvalue weighted by atomic mass is 35.5. The molecule has 0 fully saturated rings. The minimum atomic E-state index is -0.564. The molecule has 5 heteroatoms. The molecule has 0 aliphatic carbocycles. The van der Waals surface area contributed by atoms with Crippen LogP contribution in [0.1, 0.15) is 11.1 Å². The molecule has 0 heterocycles. The summed E-state index contributed by atoms with van der Waals surface area (Å²) in [6, 6.07) is 23.1. The summed E-state index contributed by atoms with van der Waals surface area (Å²) >= 11 is 6.14. The van der Waals surface area contributed by atoms with Crippen molar-refractivity contribution in [2.75, 3.05) is 0 Å². The van der Waals surface area contributed by atoms with Crippen LogP contribution in [0.5, 0.6) is 11.5 Å². The minimum absolute atomic E-state index is 0.156. The number of benzene rings is 3. The fourth-order valence-corrected chi connectivity index (χ4v) is 2.59. The molecule has 0 saturated heterocycles. The third-order valence-electron chi connectivity index (χ3n) is 3.76. The quantitative estimate of drug-likeness (QED) is 0.306. The Labute approximate surface area is 173 Å². The maximum Gasteiger partial charge on any atom is 0.336 e. The molecular formula is C24H17ClO4. The van der Waals surface area contributed by atoms with Crippen molar-refractivity contribution in [3.63, 3.8) is 0 Å². The standard InChI is InChI=1S/C24H17ClO4/c25-21-17-20(28-23(26)15-11-18-7-3-1-4-8-18)13-14-22(21)29-24(27)16-12-19-9-5-2-6-10-19/h1-17H. The minimum Gasteiger partial charge on any atom is -0.423 e. The number of hydrogen-bond acceptors (Lipinski definition) is 4. The predicted octanol–water partition coefficient (Wildman–Crippen LogP) is 5.58. The van der Waals surface area contributed by atoms with Crippen LogP contribution in [0.25, 0.3) is 12.2 Å². The Kier molecular flexibility index (Phi) is 6.98. The molecule has 0 aromatic heterocycles. The maximum atomic E-state index is 12.0. The topological polar surface area (TPSA) is 52.6 Å². The first-order valence-electron chi connectivity index (χ1n) is 8.79. The average Bonchev–Trinajstić information content (AvgIpc) is 2.74. The lowest BCUT2D eigenvalue weighted by atomic mass is 10.2. The number of carbonyl (C=O) groups is 2. The van der Waals surface area contributed by atoms with Crippen molar-refractivity contribution >= 4 is 35.7 Å². The zero-order chi connectivity index (χ0) is 20.5. The third-order valence-corrected chi connectivity index (χ3v) is 4.05. The Morgan fingerprint density at radius 2 is 1.21 bits per heavy atom. The van der Waals surface area contributed by atoms with Gasteiger partial charge in [-0.2, -0.15) is 0 Å². The van der Waals surface area contributed by atoms with Crippen LogP contribution in [0.4, 0.5) is 0 Å². The summed E-state index contributed by atoms with van der Waals surface area (Å²) in [6.45, 7) is 0. The molecule has 0 atom stereocenters. The second-order valence-corrected chi connectivity index (χ2v) is 6.33. The van der Waals surface area contributed by atoms with Gasteiger partial charge in [-0.15, -0.1) is 0 Å². The van der Waals surface area contributed by atoms with Crippen molar-refractivity contribution in [2.45, 2.75) is 0 Å². The van der Waals surface area contributed by atoms with E-state index in [1.807, 2.05) is 60.7 Å². The summed E-state index contributed by atoms with van der Waals surface area (Å²) in [5.74, 6) is -0.682. The van der Waals surface area contributed by atoms with E-state index in [0.29, 0.717) is 0 Å². The molecule has 0 bridgehead atoms. The van der Waals surface area contributed by atoms with Crippen molar-refractivity contribution < 1.29 is 19.1 Å². The molecular weight excluding hydrogens is 388 g/mol. The molecule has 4 nitrogen and oxygen atoms in total. The number of hydrogen-bond donors (Lipinski definition) is 0. The normalized spacial score (nSPS) is 10.9. The number of esters is 2. The van der Waals surface area contributed by atoms with Crippen LogP contribution >= 0.6 is 11.6 Å². The van der Waals surface area contributed by atoms with Crippen LogP contribution in [0.3, 0.4) is 0 Å². The first-order chi connectivity index (χ1) is 14.1. The molecule has 0 aliphatic rings. The number of ether oxygens (including phenoxy) is 2. The van der Waals surface area contributed by atoms with Gasteiger partial charge >= 0.3 is 11.9 Å². The second kappa shape index (κ2) is 10.1. The van der Waals surface area contributed by atoms with E-state index in [0.717, 1.165) is 11.1 Å². The van der Waals surface area contributed by atoms with E-state index in [1.165, 1.54) is 30.4 Å². The summed E-state index contributed by atoms with van der Waals surface area (Å²) in [5, 5.41) is 0.156. The third kappa shape index (κ3) is 6.48. The van der Waals surface area contributed by atoms with Gasteiger partial charge in [0.1, 0.15) is 11.5 Å². The zero-order valence-electron chi connectivity index (χ0n) is 15.3. The summed E-state index contributed by atoms with van der Waals surface area (Å²) in [6.07, 6.45) is 5.93. The summed E-state index contributed by atoms with van der Waals surface area (Å²) < 4.78 is 10.4. The van der Waals surface area contributed by atoms with Gasteiger partial charge in [0.2, 0.25) is 0 Å². The molecule has 144 valence electrons. The molecule has 0 amide bonds. The molecule has 0 spiro atoms. The Morgan fingerprint density at radius 3 is 1.72 bits per heavy atom. The molecule has 0 saturated carbocycles. The van der Waals surface area contributed by atoms with Gasteiger partial charge in [0.15, 0.2) is 0 Å². The first-order valence-corrected chi connectivity index (χ1v) is 9.17. The van der Waals surface area contributed by atoms with Crippen LogP contribution in [0.2, 0.25) is 5.02 Å². The number of carbonyl (C=O) groups excluding carboxylic acids is 2. The molecule has 0 aliphatic heterocycles. The van der Waals surface area contributed by atoms with E-state index >= 15 is 0 Å². The lowest BCUT2D eigenvalue weighted by molar-refractivity contribution is -0.130. The van der Waals surface area contributed by atoms with E-state index in [1.54, 1.807) is 12.2 Å². The van der Waals surface area contributed by atoms with E-state index in [4.69, 9.17) is 21.1 Å². The Bertz CT molecular complexity index is 1040. The van der Waals surface area contributed by atoms with Crippen molar-refractivity contribution in [1.29, 1.82) is 0 Å². The summed E-state index contributed by atoms with van der Waals surface area (Å²) in [7, 11) is 0. The van der Waals surface area contributed by atoms with Gasteiger partial charge in [-0.25, -0.2) is 9.59 Å². The lowest BCUT2D eigenvalue weighted by Crippen LogP contribution is -2.06. The Hall–Kier alpha value is -3.63. The molecule has 29 heavy (non-hydrogen) atoms. The fourth-order valence-electron chi connectivity index (χ4n) is 2.38. The van der Waals surface area contributed by atoms with Crippen molar-refractivity contribution in [3.05, 3.63) is 107 Å². The maximum absolute atomic E-state index is 12.0. The van der Waals surface area contributed by atoms with Gasteiger partial charge in [0, 0.05) is 18.2 Å². The SMILES string of the molecule is O=C(C=Cc1ccccc1)Oc1ccc(OC(=O)C=Cc2ccccc2)c(Cl)c1. The van der Waals surface area contributed by atoms with Crippen molar-refractivity contribution in [2.24, 2.45) is 0 Å². The largest absolute Gasteiger partial charge is 0.423 e. The number of rotatable bonds is 6. The van der Waals surface area contributed by atoms with E-state index in [9.17, 15) is 9.59 Å². The molecule has 0 radical (unpaired) electrons. The van der Waals surface area contributed by atoms with Crippen LogP contribution < -0.4 is 9.47 Å². The van der Waals surface area contributed by atoms with E-state index in [2.05, 4.69) is 0 Å². The summed E-state index contributed by atoms with van der Waals surface area (Å²) in [5.41, 5.74) is 1.76.